The molecule has 0 N–H and O–H groups in total. The SMILES string of the molecule is COC(=O)c1ccc(OC)c(CCBr)c1. The van der Waals surface area contributed by atoms with E-state index in [1.165, 1.54) is 7.11 Å². The van der Waals surface area contributed by atoms with Gasteiger partial charge in [0.25, 0.3) is 0 Å². The van der Waals surface area contributed by atoms with Crippen LogP contribution in [0, 0.1) is 0 Å². The van der Waals surface area contributed by atoms with Crippen LogP contribution < -0.4 is 4.74 Å². The van der Waals surface area contributed by atoms with Crippen LogP contribution in [-0.2, 0) is 11.2 Å². The number of carbonyl (C=O) groups excluding carboxylic acids is 1. The number of ether oxygens (including phenoxy) is 2. The van der Waals surface area contributed by atoms with Gasteiger partial charge in [-0.3, -0.25) is 0 Å². The minimum absolute atomic E-state index is 0.325. The van der Waals surface area contributed by atoms with Gasteiger partial charge >= 0.3 is 5.97 Å². The first kappa shape index (κ1) is 12.0. The normalized spacial score (nSPS) is 9.80. The molecule has 0 amide bonds. The monoisotopic (exact) mass is 272 g/mol. The molecule has 0 aromatic heterocycles. The number of benzene rings is 1. The molecule has 0 radical (unpaired) electrons. The van der Waals surface area contributed by atoms with E-state index in [9.17, 15) is 4.79 Å². The summed E-state index contributed by atoms with van der Waals surface area (Å²) < 4.78 is 9.84. The Bertz CT molecular complexity index is 350. The maximum absolute atomic E-state index is 11.3. The summed E-state index contributed by atoms with van der Waals surface area (Å²) >= 11 is 3.36. The molecule has 1 aromatic rings. The van der Waals surface area contributed by atoms with E-state index in [2.05, 4.69) is 20.7 Å². The minimum atomic E-state index is -0.325. The number of halogens is 1. The van der Waals surface area contributed by atoms with Gasteiger partial charge in [0.15, 0.2) is 0 Å². The van der Waals surface area contributed by atoms with Crippen molar-refractivity contribution in [1.29, 1.82) is 0 Å². The Morgan fingerprint density at radius 3 is 2.67 bits per heavy atom. The summed E-state index contributed by atoms with van der Waals surface area (Å²) in [4.78, 5) is 11.3. The van der Waals surface area contributed by atoms with E-state index in [4.69, 9.17) is 4.74 Å². The van der Waals surface area contributed by atoms with Crippen LogP contribution in [0.2, 0.25) is 0 Å². The smallest absolute Gasteiger partial charge is 0.337 e. The van der Waals surface area contributed by atoms with Crippen LogP contribution in [0.1, 0.15) is 15.9 Å². The second-order valence-corrected chi connectivity index (χ2v) is 3.75. The molecule has 0 saturated heterocycles. The zero-order chi connectivity index (χ0) is 11.3. The molecule has 0 heterocycles. The molecule has 3 nitrogen and oxygen atoms in total. The van der Waals surface area contributed by atoms with Crippen LogP contribution in [0.15, 0.2) is 18.2 Å². The highest BCUT2D eigenvalue weighted by molar-refractivity contribution is 9.09. The molecule has 1 aromatic carbocycles. The first-order valence-corrected chi connectivity index (χ1v) is 5.66. The van der Waals surface area contributed by atoms with Crippen LogP contribution in [-0.4, -0.2) is 25.5 Å². The number of hydrogen-bond acceptors (Lipinski definition) is 3. The molecule has 0 saturated carbocycles. The van der Waals surface area contributed by atoms with E-state index in [1.807, 2.05) is 0 Å². The first-order valence-electron chi connectivity index (χ1n) is 4.54. The molecule has 82 valence electrons. The van der Waals surface area contributed by atoms with Crippen LogP contribution in [0.3, 0.4) is 0 Å². The number of hydrogen-bond donors (Lipinski definition) is 0. The van der Waals surface area contributed by atoms with Crippen molar-refractivity contribution in [1.82, 2.24) is 0 Å². The predicted molar refractivity (Wildman–Crippen MR) is 61.8 cm³/mol. The van der Waals surface area contributed by atoms with E-state index >= 15 is 0 Å². The Kier molecular flexibility index (Phi) is 4.62. The van der Waals surface area contributed by atoms with Gasteiger partial charge in [-0.05, 0) is 30.2 Å². The van der Waals surface area contributed by atoms with Crippen LogP contribution in [0.25, 0.3) is 0 Å². The zero-order valence-electron chi connectivity index (χ0n) is 8.75. The first-order chi connectivity index (χ1) is 7.22. The van der Waals surface area contributed by atoms with Crippen molar-refractivity contribution in [3.8, 4) is 5.75 Å². The quantitative estimate of drug-likeness (QED) is 0.624. The van der Waals surface area contributed by atoms with Crippen LogP contribution >= 0.6 is 15.9 Å². The number of methoxy groups -OCH3 is 2. The highest BCUT2D eigenvalue weighted by Gasteiger charge is 2.09. The fourth-order valence-electron chi connectivity index (χ4n) is 1.32. The summed E-state index contributed by atoms with van der Waals surface area (Å²) in [7, 11) is 2.99. The Morgan fingerprint density at radius 2 is 2.13 bits per heavy atom. The molecule has 0 aliphatic rings. The average Bonchev–Trinajstić information content (AvgIpc) is 2.28. The van der Waals surface area contributed by atoms with Gasteiger partial charge < -0.3 is 9.47 Å². The van der Waals surface area contributed by atoms with Crippen molar-refractivity contribution < 1.29 is 14.3 Å². The van der Waals surface area contributed by atoms with Crippen molar-refractivity contribution in [2.24, 2.45) is 0 Å². The Morgan fingerprint density at radius 1 is 1.40 bits per heavy atom. The van der Waals surface area contributed by atoms with Gasteiger partial charge in [0.2, 0.25) is 0 Å². The standard InChI is InChI=1S/C11H13BrO3/c1-14-10-4-3-9(11(13)15-2)7-8(10)5-6-12/h3-4,7H,5-6H2,1-2H3. The maximum Gasteiger partial charge on any atom is 0.337 e. The van der Waals surface area contributed by atoms with E-state index < -0.39 is 0 Å². The third-order valence-electron chi connectivity index (χ3n) is 2.07. The van der Waals surface area contributed by atoms with Crippen molar-refractivity contribution in [3.63, 3.8) is 0 Å². The largest absolute Gasteiger partial charge is 0.496 e. The lowest BCUT2D eigenvalue weighted by Crippen LogP contribution is -2.03. The molecule has 0 aliphatic heterocycles. The lowest BCUT2D eigenvalue weighted by molar-refractivity contribution is 0.0600. The number of carbonyl (C=O) groups is 1. The fraction of sp³-hybridized carbons (Fsp3) is 0.364. The Hall–Kier alpha value is -1.03. The highest BCUT2D eigenvalue weighted by atomic mass is 79.9. The van der Waals surface area contributed by atoms with Crippen molar-refractivity contribution in [2.45, 2.75) is 6.42 Å². The van der Waals surface area contributed by atoms with Gasteiger partial charge in [0.1, 0.15) is 5.75 Å². The molecule has 15 heavy (non-hydrogen) atoms. The lowest BCUT2D eigenvalue weighted by Gasteiger charge is -2.08. The Labute approximate surface area is 97.5 Å². The highest BCUT2D eigenvalue weighted by Crippen LogP contribution is 2.21. The lowest BCUT2D eigenvalue weighted by atomic mass is 10.1. The summed E-state index contributed by atoms with van der Waals surface area (Å²) in [6.45, 7) is 0. The summed E-state index contributed by atoms with van der Waals surface area (Å²) in [6.07, 6.45) is 0.813. The van der Waals surface area contributed by atoms with Gasteiger partial charge in [-0.25, -0.2) is 4.79 Å². The summed E-state index contributed by atoms with van der Waals surface area (Å²) in [6, 6.07) is 5.28. The molecule has 1 rings (SSSR count). The molecule has 4 heteroatoms. The second-order valence-electron chi connectivity index (χ2n) is 2.96. The molecule has 0 fully saturated rings. The number of alkyl halides is 1. The number of rotatable bonds is 4. The molecule has 0 bridgehead atoms. The van der Waals surface area contributed by atoms with E-state index in [0.29, 0.717) is 5.56 Å². The zero-order valence-corrected chi connectivity index (χ0v) is 10.3. The van der Waals surface area contributed by atoms with Crippen LogP contribution in [0.5, 0.6) is 5.75 Å². The molecule has 0 unspecified atom stereocenters. The molecule has 0 atom stereocenters. The topological polar surface area (TPSA) is 35.5 Å². The maximum atomic E-state index is 11.3. The van der Waals surface area contributed by atoms with Gasteiger partial charge in [-0.15, -0.1) is 0 Å². The predicted octanol–water partition coefficient (Wildman–Crippen LogP) is 2.42. The number of aryl methyl sites for hydroxylation is 1. The minimum Gasteiger partial charge on any atom is -0.496 e. The molecule has 0 aliphatic carbocycles. The van der Waals surface area contributed by atoms with Crippen molar-refractivity contribution in [3.05, 3.63) is 29.3 Å². The summed E-state index contributed by atoms with van der Waals surface area (Å²) in [5.41, 5.74) is 1.55. The van der Waals surface area contributed by atoms with Gasteiger partial charge in [-0.2, -0.15) is 0 Å². The van der Waals surface area contributed by atoms with Crippen LogP contribution in [0.4, 0.5) is 0 Å². The molecular weight excluding hydrogens is 260 g/mol. The summed E-state index contributed by atoms with van der Waals surface area (Å²) in [5, 5.41) is 0.827. The van der Waals surface area contributed by atoms with Crippen molar-refractivity contribution in [2.75, 3.05) is 19.5 Å². The average molecular weight is 273 g/mol. The summed E-state index contributed by atoms with van der Waals surface area (Å²) in [5.74, 6) is 0.468. The van der Waals surface area contributed by atoms with Gasteiger partial charge in [-0.1, -0.05) is 15.9 Å². The third kappa shape index (κ3) is 2.96. The van der Waals surface area contributed by atoms with Gasteiger partial charge in [0.05, 0.1) is 19.8 Å². The fourth-order valence-corrected chi connectivity index (χ4v) is 1.75. The van der Waals surface area contributed by atoms with E-state index in [-0.39, 0.29) is 5.97 Å². The molecular formula is C11H13BrO3. The third-order valence-corrected chi connectivity index (χ3v) is 2.46. The van der Waals surface area contributed by atoms with Gasteiger partial charge in [0, 0.05) is 5.33 Å². The number of esters is 1. The van der Waals surface area contributed by atoms with Crippen molar-refractivity contribution >= 4 is 21.9 Å². The molecule has 0 spiro atoms. The second kappa shape index (κ2) is 5.75. The van der Waals surface area contributed by atoms with E-state index in [0.717, 1.165) is 23.1 Å². The Balaban J connectivity index is 3.04. The van der Waals surface area contributed by atoms with E-state index in [1.54, 1.807) is 25.3 Å².